The molecule has 360 valence electrons. The number of para-hydroxylation sites is 2. The molecule has 0 unspecified atom stereocenters. The number of hydrogen-bond donors (Lipinski definition) is 0. The predicted octanol–water partition coefficient (Wildman–Crippen LogP) is 17.7. The second kappa shape index (κ2) is 19.3. The van der Waals surface area contributed by atoms with Gasteiger partial charge in [-0.25, -0.2) is 4.98 Å². The molecule has 0 fully saturated rings. The van der Waals surface area contributed by atoms with Gasteiger partial charge in [-0.15, -0.1) is 23.6 Å². The van der Waals surface area contributed by atoms with Gasteiger partial charge in [0.05, 0.1) is 5.56 Å². The number of rotatable bonds is 9. The number of hydrogen-bond acceptors (Lipinski definition) is 2. The quantitative estimate of drug-likeness (QED) is 0.107. The van der Waals surface area contributed by atoms with E-state index in [2.05, 4.69) is 268 Å². The van der Waals surface area contributed by atoms with Gasteiger partial charge in [-0.1, -0.05) is 203 Å². The summed E-state index contributed by atoms with van der Waals surface area (Å²) in [5, 5.41) is 2.19. The largest absolute Gasteiger partial charge is 2.00 e. The molecule has 0 spiro atoms. The SMILES string of the molecule is CC(C)(C)c1cccc(-c2ccc3c(c2)c2ccc(Oc4[c-]c([N+]5=C=[N+](c6ccccc6)c6c(-c7c(-c8ccccc8)cccc7-c7ccccc7)cccc65)ccc4)[c-]c2n3-c2cc(C(C)(C)C)ccn2)c1.[Pt+2]. The third-order valence-electron chi connectivity index (χ3n) is 14.0. The molecule has 9 aromatic carbocycles. The zero-order valence-electron chi connectivity index (χ0n) is 42.3. The fourth-order valence-corrected chi connectivity index (χ4v) is 10.2. The van der Waals surface area contributed by atoms with E-state index in [1.54, 1.807) is 0 Å². The molecule has 0 amide bonds. The minimum atomic E-state index is -0.0668. The Morgan fingerprint density at radius 3 is 1.78 bits per heavy atom. The van der Waals surface area contributed by atoms with Crippen LogP contribution >= 0.6 is 0 Å². The van der Waals surface area contributed by atoms with E-state index < -0.39 is 0 Å². The summed E-state index contributed by atoms with van der Waals surface area (Å²) in [4.78, 5) is 4.98. The van der Waals surface area contributed by atoms with Gasteiger partial charge in [0, 0.05) is 47.0 Å². The average Bonchev–Trinajstić information content (AvgIpc) is 3.98. The molecule has 2 aromatic heterocycles. The molecule has 0 saturated carbocycles. The first kappa shape index (κ1) is 48.1. The van der Waals surface area contributed by atoms with Crippen LogP contribution in [-0.2, 0) is 31.9 Å². The number of ether oxygens (including phenoxy) is 1. The number of benzene rings is 9. The van der Waals surface area contributed by atoms with Crippen molar-refractivity contribution in [1.82, 2.24) is 18.7 Å². The molecule has 3 heterocycles. The fraction of sp³-hybridized carbons (Fsp3) is 0.118. The maximum atomic E-state index is 6.80. The van der Waals surface area contributed by atoms with Crippen molar-refractivity contribution in [2.24, 2.45) is 0 Å². The molecule has 5 nitrogen and oxygen atoms in total. The van der Waals surface area contributed by atoms with Gasteiger partial charge in [0.1, 0.15) is 11.5 Å². The van der Waals surface area contributed by atoms with Gasteiger partial charge in [-0.3, -0.25) is 0 Å². The Kier molecular flexibility index (Phi) is 12.6. The normalized spacial score (nSPS) is 12.3. The van der Waals surface area contributed by atoms with Crippen molar-refractivity contribution in [1.29, 1.82) is 0 Å². The van der Waals surface area contributed by atoms with Crippen molar-refractivity contribution in [3.63, 3.8) is 0 Å². The van der Waals surface area contributed by atoms with Crippen LogP contribution in [-0.4, -0.2) is 15.6 Å². The minimum Gasteiger partial charge on any atom is -0.509 e. The summed E-state index contributed by atoms with van der Waals surface area (Å²) in [6, 6.07) is 86.3. The van der Waals surface area contributed by atoms with E-state index in [0.29, 0.717) is 11.5 Å². The third-order valence-corrected chi connectivity index (χ3v) is 14.0. The summed E-state index contributed by atoms with van der Waals surface area (Å²) in [5.74, 6) is 1.97. The van der Waals surface area contributed by atoms with Crippen LogP contribution in [0.15, 0.2) is 219 Å². The summed E-state index contributed by atoms with van der Waals surface area (Å²) in [6.07, 6.45) is 1.91. The van der Waals surface area contributed by atoms with E-state index in [-0.39, 0.29) is 31.9 Å². The first-order valence-corrected chi connectivity index (χ1v) is 25.0. The van der Waals surface area contributed by atoms with Gasteiger partial charge in [0.2, 0.25) is 5.69 Å². The molecule has 12 rings (SSSR count). The van der Waals surface area contributed by atoms with E-state index >= 15 is 0 Å². The Labute approximate surface area is 448 Å². The Morgan fingerprint density at radius 1 is 0.486 bits per heavy atom. The molecule has 0 aliphatic carbocycles. The van der Waals surface area contributed by atoms with Crippen molar-refractivity contribution in [3.05, 3.63) is 242 Å². The predicted molar refractivity (Wildman–Crippen MR) is 303 cm³/mol. The van der Waals surface area contributed by atoms with E-state index in [1.807, 2.05) is 24.4 Å². The van der Waals surface area contributed by atoms with Gasteiger partial charge in [-0.2, -0.15) is 12.1 Å². The molecule has 1 aliphatic rings. The zero-order chi connectivity index (χ0) is 49.8. The van der Waals surface area contributed by atoms with E-state index in [1.165, 1.54) is 16.7 Å². The Morgan fingerprint density at radius 2 is 1.08 bits per heavy atom. The van der Waals surface area contributed by atoms with E-state index in [9.17, 15) is 0 Å². The summed E-state index contributed by atoms with van der Waals surface area (Å²) in [7, 11) is 0. The molecule has 1 aliphatic heterocycles. The summed E-state index contributed by atoms with van der Waals surface area (Å²) in [6.45, 7) is 13.5. The van der Waals surface area contributed by atoms with Gasteiger partial charge < -0.3 is 9.30 Å². The van der Waals surface area contributed by atoms with Crippen LogP contribution in [0.25, 0.3) is 72.1 Å². The standard InChI is InChI=1S/C68H54N4O.Pt/c1-67(2,3)50-25-16-24-48(40-50)49-34-37-61-60(41-49)58-36-35-55(44-63(58)72(61)64-42-51(38-39-69-64)68(4,5)6)73-54-29-17-28-53(43-54)70-45-71(52-26-14-9-15-27-52)66-59(32-19-33-62(66)70)65-56(46-20-10-7-11-21-46)30-18-31-57(65)47-22-12-8-13-23-47;/h7-42H,1-6H3;/q;+2. The Bertz CT molecular complexity index is 3930. The maximum Gasteiger partial charge on any atom is 2.00 e. The van der Waals surface area contributed by atoms with Crippen LogP contribution in [0.1, 0.15) is 52.7 Å². The van der Waals surface area contributed by atoms with Crippen LogP contribution in [0.2, 0.25) is 0 Å². The summed E-state index contributed by atoms with van der Waals surface area (Å²) in [5.41, 5.74) is 17.4. The second-order valence-electron chi connectivity index (χ2n) is 20.9. The van der Waals surface area contributed by atoms with Crippen LogP contribution in [0.3, 0.4) is 0 Å². The van der Waals surface area contributed by atoms with Crippen molar-refractivity contribution < 1.29 is 25.8 Å². The van der Waals surface area contributed by atoms with Gasteiger partial charge in [0.15, 0.2) is 0 Å². The topological polar surface area (TPSA) is 33.1 Å². The molecule has 0 saturated heterocycles. The van der Waals surface area contributed by atoms with Crippen molar-refractivity contribution in [2.75, 3.05) is 0 Å². The monoisotopic (exact) mass is 1140 g/mol. The molecule has 0 bridgehead atoms. The smallest absolute Gasteiger partial charge is 0.509 e. The molecule has 0 atom stereocenters. The van der Waals surface area contributed by atoms with Crippen molar-refractivity contribution >= 4 is 50.6 Å². The number of nitrogens with zero attached hydrogens (tertiary/aromatic N) is 4. The Hall–Kier alpha value is -8.20. The van der Waals surface area contributed by atoms with Gasteiger partial charge in [0.25, 0.3) is 5.69 Å². The minimum absolute atomic E-state index is 0. The van der Waals surface area contributed by atoms with Crippen LogP contribution < -0.4 is 13.9 Å². The molecule has 11 aromatic rings. The van der Waals surface area contributed by atoms with Crippen molar-refractivity contribution in [3.8, 4) is 61.8 Å². The van der Waals surface area contributed by atoms with E-state index in [4.69, 9.17) is 9.72 Å². The van der Waals surface area contributed by atoms with E-state index in [0.717, 1.165) is 89.3 Å². The molecule has 0 N–H and O–H groups in total. The second-order valence-corrected chi connectivity index (χ2v) is 20.9. The van der Waals surface area contributed by atoms with Crippen LogP contribution in [0.5, 0.6) is 11.5 Å². The number of aromatic nitrogens is 2. The molecular formula is C68H54N4OPt+2. The molecule has 6 heteroatoms. The average molecular weight is 1140 g/mol. The van der Waals surface area contributed by atoms with Crippen LogP contribution in [0, 0.1) is 12.1 Å². The third kappa shape index (κ3) is 8.94. The van der Waals surface area contributed by atoms with Crippen LogP contribution in [0.4, 0.5) is 22.7 Å². The number of fused-ring (bicyclic) bond motifs is 4. The summed E-state index contributed by atoms with van der Waals surface area (Å²) >= 11 is 0. The maximum absolute atomic E-state index is 6.80. The molecular weight excluding hydrogens is 1080 g/mol. The molecule has 74 heavy (non-hydrogen) atoms. The van der Waals surface area contributed by atoms with Gasteiger partial charge >= 0.3 is 32.8 Å². The van der Waals surface area contributed by atoms with Crippen molar-refractivity contribution in [2.45, 2.75) is 52.4 Å². The fourth-order valence-electron chi connectivity index (χ4n) is 10.2. The molecule has 0 radical (unpaired) electrons. The summed E-state index contributed by atoms with van der Waals surface area (Å²) < 4.78 is 13.3. The number of pyridine rings is 1. The Balaban J connectivity index is 0.00000588. The zero-order valence-corrected chi connectivity index (χ0v) is 44.6. The first-order chi connectivity index (χ1) is 35.5. The van der Waals surface area contributed by atoms with Gasteiger partial charge in [-0.05, 0) is 89.6 Å². The first-order valence-electron chi connectivity index (χ1n) is 25.0.